The summed E-state index contributed by atoms with van der Waals surface area (Å²) in [6.07, 6.45) is 1.53. The number of likely N-dealkylation sites (tertiary alicyclic amines) is 1. The monoisotopic (exact) mass is 228 g/mol. The Hall–Kier alpha value is -0.610. The highest BCUT2D eigenvalue weighted by atomic mass is 16.3. The molecule has 0 aromatic carbocycles. The number of nitrogens with zero attached hydrogens (tertiary/aromatic N) is 1. The Morgan fingerprint density at radius 1 is 1.62 bits per heavy atom. The number of amides is 1. The van der Waals surface area contributed by atoms with Crippen LogP contribution in [0.5, 0.6) is 0 Å². The summed E-state index contributed by atoms with van der Waals surface area (Å²) in [6, 6.07) is -0.0819. The van der Waals surface area contributed by atoms with Crippen LogP contribution >= 0.6 is 0 Å². The van der Waals surface area contributed by atoms with Crippen LogP contribution in [0.4, 0.5) is 0 Å². The molecule has 0 aliphatic carbocycles. The molecular weight excluding hydrogens is 204 g/mol. The zero-order chi connectivity index (χ0) is 12.1. The standard InChI is InChI=1S/C12H24N2O2/c1-4-6-13-12(16)10(3)14-7-5-11(15)9(2)8-14/h9-11,15H,4-8H2,1-3H3,(H,13,16). The average molecular weight is 228 g/mol. The van der Waals surface area contributed by atoms with Gasteiger partial charge in [0.15, 0.2) is 0 Å². The highest BCUT2D eigenvalue weighted by Crippen LogP contribution is 2.18. The van der Waals surface area contributed by atoms with Gasteiger partial charge in [-0.1, -0.05) is 13.8 Å². The summed E-state index contributed by atoms with van der Waals surface area (Å²) >= 11 is 0. The molecule has 1 rings (SSSR count). The highest BCUT2D eigenvalue weighted by molar-refractivity contribution is 5.81. The second-order valence-electron chi connectivity index (χ2n) is 4.80. The molecule has 4 nitrogen and oxygen atoms in total. The fraction of sp³-hybridized carbons (Fsp3) is 0.917. The highest BCUT2D eigenvalue weighted by Gasteiger charge is 2.29. The van der Waals surface area contributed by atoms with Crippen molar-refractivity contribution in [1.82, 2.24) is 10.2 Å². The molecule has 0 bridgehead atoms. The average Bonchev–Trinajstić information content (AvgIpc) is 2.28. The van der Waals surface area contributed by atoms with Crippen molar-refractivity contribution in [2.75, 3.05) is 19.6 Å². The van der Waals surface area contributed by atoms with E-state index in [0.717, 1.165) is 32.5 Å². The zero-order valence-corrected chi connectivity index (χ0v) is 10.6. The van der Waals surface area contributed by atoms with Crippen molar-refractivity contribution >= 4 is 5.91 Å². The van der Waals surface area contributed by atoms with Crippen LogP contribution in [0.3, 0.4) is 0 Å². The summed E-state index contributed by atoms with van der Waals surface area (Å²) in [4.78, 5) is 13.9. The molecule has 1 amide bonds. The van der Waals surface area contributed by atoms with Crippen LogP contribution in [-0.4, -0.2) is 47.7 Å². The molecule has 4 heteroatoms. The van der Waals surface area contributed by atoms with Gasteiger partial charge in [0.1, 0.15) is 0 Å². The number of carbonyl (C=O) groups is 1. The van der Waals surface area contributed by atoms with Gasteiger partial charge in [-0.05, 0) is 25.7 Å². The van der Waals surface area contributed by atoms with Gasteiger partial charge >= 0.3 is 0 Å². The van der Waals surface area contributed by atoms with E-state index in [9.17, 15) is 9.90 Å². The summed E-state index contributed by atoms with van der Waals surface area (Å²) in [5, 5.41) is 12.5. The van der Waals surface area contributed by atoms with Gasteiger partial charge in [-0.15, -0.1) is 0 Å². The molecule has 1 saturated heterocycles. The molecule has 0 aromatic rings. The van der Waals surface area contributed by atoms with Gasteiger partial charge < -0.3 is 10.4 Å². The second kappa shape index (κ2) is 6.21. The minimum Gasteiger partial charge on any atom is -0.393 e. The van der Waals surface area contributed by atoms with Crippen LogP contribution < -0.4 is 5.32 Å². The number of piperidine rings is 1. The summed E-state index contributed by atoms with van der Waals surface area (Å²) in [7, 11) is 0. The largest absolute Gasteiger partial charge is 0.393 e. The van der Waals surface area contributed by atoms with Gasteiger partial charge in [0.2, 0.25) is 5.91 Å². The first-order valence-corrected chi connectivity index (χ1v) is 6.26. The lowest BCUT2D eigenvalue weighted by Gasteiger charge is -2.37. The molecule has 0 saturated carbocycles. The van der Waals surface area contributed by atoms with Crippen molar-refractivity contribution in [2.24, 2.45) is 5.92 Å². The van der Waals surface area contributed by atoms with E-state index in [1.807, 2.05) is 20.8 Å². The molecule has 1 aliphatic rings. The normalized spacial score (nSPS) is 28.8. The molecule has 3 unspecified atom stereocenters. The Morgan fingerprint density at radius 2 is 2.31 bits per heavy atom. The molecule has 0 aromatic heterocycles. The van der Waals surface area contributed by atoms with Crippen molar-refractivity contribution in [3.8, 4) is 0 Å². The first-order chi connectivity index (χ1) is 7.56. The topological polar surface area (TPSA) is 52.6 Å². The number of aliphatic hydroxyl groups is 1. The Kier molecular flexibility index (Phi) is 5.22. The van der Waals surface area contributed by atoms with E-state index in [-0.39, 0.29) is 24.0 Å². The fourth-order valence-electron chi connectivity index (χ4n) is 2.08. The predicted octanol–water partition coefficient (Wildman–Crippen LogP) is 0.604. The quantitative estimate of drug-likeness (QED) is 0.741. The third-order valence-corrected chi connectivity index (χ3v) is 3.37. The van der Waals surface area contributed by atoms with Crippen molar-refractivity contribution in [2.45, 2.75) is 45.8 Å². The van der Waals surface area contributed by atoms with E-state index in [1.54, 1.807) is 0 Å². The van der Waals surface area contributed by atoms with Crippen LogP contribution in [-0.2, 0) is 4.79 Å². The second-order valence-corrected chi connectivity index (χ2v) is 4.80. The van der Waals surface area contributed by atoms with E-state index in [1.165, 1.54) is 0 Å². The number of rotatable bonds is 4. The first kappa shape index (κ1) is 13.5. The Morgan fingerprint density at radius 3 is 2.88 bits per heavy atom. The Bertz CT molecular complexity index is 233. The van der Waals surface area contributed by atoms with Gasteiger partial charge in [-0.3, -0.25) is 9.69 Å². The molecule has 2 N–H and O–H groups in total. The summed E-state index contributed by atoms with van der Waals surface area (Å²) in [6.45, 7) is 8.39. The molecule has 0 spiro atoms. The maximum Gasteiger partial charge on any atom is 0.237 e. The minimum absolute atomic E-state index is 0.0819. The summed E-state index contributed by atoms with van der Waals surface area (Å²) in [5.74, 6) is 0.362. The van der Waals surface area contributed by atoms with Gasteiger partial charge in [0.05, 0.1) is 12.1 Å². The fourth-order valence-corrected chi connectivity index (χ4v) is 2.08. The minimum atomic E-state index is -0.206. The van der Waals surface area contributed by atoms with Crippen LogP contribution in [0.1, 0.15) is 33.6 Å². The summed E-state index contributed by atoms with van der Waals surface area (Å²) in [5.41, 5.74) is 0. The van der Waals surface area contributed by atoms with E-state index < -0.39 is 0 Å². The van der Waals surface area contributed by atoms with E-state index in [4.69, 9.17) is 0 Å². The van der Waals surface area contributed by atoms with Crippen LogP contribution in [0.2, 0.25) is 0 Å². The molecule has 94 valence electrons. The smallest absolute Gasteiger partial charge is 0.237 e. The number of hydrogen-bond donors (Lipinski definition) is 2. The maximum atomic E-state index is 11.8. The zero-order valence-electron chi connectivity index (χ0n) is 10.6. The lowest BCUT2D eigenvalue weighted by Crippen LogP contribution is -2.51. The van der Waals surface area contributed by atoms with Crippen LogP contribution in [0, 0.1) is 5.92 Å². The van der Waals surface area contributed by atoms with Crippen molar-refractivity contribution in [3.63, 3.8) is 0 Å². The molecule has 3 atom stereocenters. The Labute approximate surface area is 98.0 Å². The molecule has 1 heterocycles. The number of nitrogens with one attached hydrogen (secondary N) is 1. The van der Waals surface area contributed by atoms with E-state index in [2.05, 4.69) is 10.2 Å². The lowest BCUT2D eigenvalue weighted by atomic mass is 9.95. The molecular formula is C12H24N2O2. The number of carbonyl (C=O) groups excluding carboxylic acids is 1. The van der Waals surface area contributed by atoms with Gasteiger partial charge in [0, 0.05) is 19.6 Å². The molecule has 1 fully saturated rings. The van der Waals surface area contributed by atoms with Crippen molar-refractivity contribution in [3.05, 3.63) is 0 Å². The molecule has 0 radical (unpaired) electrons. The third kappa shape index (κ3) is 3.46. The third-order valence-electron chi connectivity index (χ3n) is 3.37. The van der Waals surface area contributed by atoms with Crippen LogP contribution in [0.15, 0.2) is 0 Å². The van der Waals surface area contributed by atoms with Crippen molar-refractivity contribution in [1.29, 1.82) is 0 Å². The SMILES string of the molecule is CCCNC(=O)C(C)N1CCC(O)C(C)C1. The number of hydrogen-bond acceptors (Lipinski definition) is 3. The van der Waals surface area contributed by atoms with Gasteiger partial charge in [-0.2, -0.15) is 0 Å². The maximum absolute atomic E-state index is 11.8. The predicted molar refractivity (Wildman–Crippen MR) is 64.1 cm³/mol. The van der Waals surface area contributed by atoms with E-state index >= 15 is 0 Å². The first-order valence-electron chi connectivity index (χ1n) is 6.26. The van der Waals surface area contributed by atoms with Crippen LogP contribution in [0.25, 0.3) is 0 Å². The molecule has 1 aliphatic heterocycles. The van der Waals surface area contributed by atoms with E-state index in [0.29, 0.717) is 0 Å². The number of aliphatic hydroxyl groups excluding tert-OH is 1. The van der Waals surface area contributed by atoms with Gasteiger partial charge in [-0.25, -0.2) is 0 Å². The Balaban J connectivity index is 2.41. The molecule has 16 heavy (non-hydrogen) atoms. The van der Waals surface area contributed by atoms with Gasteiger partial charge in [0.25, 0.3) is 0 Å². The summed E-state index contributed by atoms with van der Waals surface area (Å²) < 4.78 is 0. The van der Waals surface area contributed by atoms with Crippen molar-refractivity contribution < 1.29 is 9.90 Å². The lowest BCUT2D eigenvalue weighted by molar-refractivity contribution is -0.127.